The molecule has 88 valence electrons. The van der Waals surface area contributed by atoms with Crippen molar-refractivity contribution in [3.63, 3.8) is 0 Å². The summed E-state index contributed by atoms with van der Waals surface area (Å²) in [4.78, 5) is 0. The van der Waals surface area contributed by atoms with Gasteiger partial charge >= 0.3 is 0 Å². The van der Waals surface area contributed by atoms with Crippen molar-refractivity contribution in [3.8, 4) is 0 Å². The van der Waals surface area contributed by atoms with Gasteiger partial charge in [0.15, 0.2) is 0 Å². The van der Waals surface area contributed by atoms with E-state index in [4.69, 9.17) is 20.4 Å². The molecule has 0 fully saturated rings. The SMILES string of the molecule is CNC[C@@H](O)[C@H](O)[C@@H](O)[C@@H](O)CO.F. The molecule has 0 rings (SSSR count). The molecule has 0 radical (unpaired) electrons. The molecule has 14 heavy (non-hydrogen) atoms. The molecule has 0 aliphatic heterocycles. The van der Waals surface area contributed by atoms with Crippen LogP contribution in [0.25, 0.3) is 0 Å². The Hall–Kier alpha value is -0.310. The summed E-state index contributed by atoms with van der Waals surface area (Å²) in [5.74, 6) is 0. The molecule has 0 aliphatic carbocycles. The second-order valence-electron chi connectivity index (χ2n) is 2.86. The summed E-state index contributed by atoms with van der Waals surface area (Å²) < 4.78 is 0. The molecule has 0 heterocycles. The van der Waals surface area contributed by atoms with Crippen molar-refractivity contribution in [3.05, 3.63) is 0 Å². The van der Waals surface area contributed by atoms with E-state index in [2.05, 4.69) is 5.32 Å². The number of aliphatic hydroxyl groups is 5. The van der Waals surface area contributed by atoms with Crippen LogP contribution in [0.15, 0.2) is 0 Å². The highest BCUT2D eigenvalue weighted by Gasteiger charge is 2.29. The molecule has 6 nitrogen and oxygen atoms in total. The van der Waals surface area contributed by atoms with E-state index in [1.165, 1.54) is 0 Å². The number of hydrogen-bond acceptors (Lipinski definition) is 6. The van der Waals surface area contributed by atoms with Gasteiger partial charge in [-0.2, -0.15) is 0 Å². The van der Waals surface area contributed by atoms with E-state index in [1.54, 1.807) is 7.05 Å². The van der Waals surface area contributed by atoms with Crippen LogP contribution in [0.3, 0.4) is 0 Å². The topological polar surface area (TPSA) is 113 Å². The maximum atomic E-state index is 9.21. The molecular formula is C7H18FNO5. The third kappa shape index (κ3) is 4.80. The average molecular weight is 215 g/mol. The van der Waals surface area contributed by atoms with Crippen LogP contribution < -0.4 is 5.32 Å². The number of nitrogens with one attached hydrogen (secondary N) is 1. The van der Waals surface area contributed by atoms with Gasteiger partial charge in [-0.05, 0) is 7.05 Å². The zero-order valence-corrected chi connectivity index (χ0v) is 7.87. The van der Waals surface area contributed by atoms with E-state index >= 15 is 0 Å². The lowest BCUT2D eigenvalue weighted by molar-refractivity contribution is -0.113. The van der Waals surface area contributed by atoms with Crippen LogP contribution in [0.4, 0.5) is 4.70 Å². The van der Waals surface area contributed by atoms with Crippen molar-refractivity contribution in [2.45, 2.75) is 24.4 Å². The largest absolute Gasteiger partial charge is 0.394 e. The highest BCUT2D eigenvalue weighted by atomic mass is 19.0. The summed E-state index contributed by atoms with van der Waals surface area (Å²) in [6.45, 7) is -0.569. The molecule has 0 spiro atoms. The first kappa shape index (κ1) is 16.1. The van der Waals surface area contributed by atoms with Crippen LogP contribution in [0.1, 0.15) is 0 Å². The van der Waals surface area contributed by atoms with Crippen molar-refractivity contribution >= 4 is 0 Å². The van der Waals surface area contributed by atoms with Crippen molar-refractivity contribution in [1.29, 1.82) is 0 Å². The van der Waals surface area contributed by atoms with E-state index < -0.39 is 31.0 Å². The number of hydrogen-bond donors (Lipinski definition) is 6. The number of aliphatic hydroxyl groups excluding tert-OH is 5. The van der Waals surface area contributed by atoms with Crippen molar-refractivity contribution in [2.24, 2.45) is 0 Å². The van der Waals surface area contributed by atoms with Gasteiger partial charge in [-0.25, -0.2) is 0 Å². The third-order valence-electron chi connectivity index (χ3n) is 1.74. The van der Waals surface area contributed by atoms with Crippen molar-refractivity contribution in [2.75, 3.05) is 20.2 Å². The molecule has 0 aromatic carbocycles. The van der Waals surface area contributed by atoms with E-state index in [0.717, 1.165) is 0 Å². The molecule has 0 unspecified atom stereocenters. The molecule has 0 aromatic heterocycles. The summed E-state index contributed by atoms with van der Waals surface area (Å²) >= 11 is 0. The fourth-order valence-corrected chi connectivity index (χ4v) is 0.893. The van der Waals surface area contributed by atoms with Crippen LogP contribution in [-0.2, 0) is 0 Å². The Morgan fingerprint density at radius 2 is 1.43 bits per heavy atom. The Labute approximate surface area is 81.2 Å². The van der Waals surface area contributed by atoms with E-state index in [-0.39, 0.29) is 11.2 Å². The highest BCUT2D eigenvalue weighted by molar-refractivity contribution is 4.81. The van der Waals surface area contributed by atoms with Gasteiger partial charge in [0.1, 0.15) is 18.3 Å². The van der Waals surface area contributed by atoms with Gasteiger partial charge in [0.05, 0.1) is 12.7 Å². The van der Waals surface area contributed by atoms with Crippen LogP contribution >= 0.6 is 0 Å². The zero-order valence-electron chi connectivity index (χ0n) is 7.87. The van der Waals surface area contributed by atoms with Crippen LogP contribution in [0.5, 0.6) is 0 Å². The summed E-state index contributed by atoms with van der Waals surface area (Å²) in [5.41, 5.74) is 0. The monoisotopic (exact) mass is 215 g/mol. The molecular weight excluding hydrogens is 197 g/mol. The molecule has 4 atom stereocenters. The Kier molecular flexibility index (Phi) is 9.26. The molecule has 0 saturated carbocycles. The summed E-state index contributed by atoms with van der Waals surface area (Å²) in [7, 11) is 1.57. The lowest BCUT2D eigenvalue weighted by atomic mass is 10.0. The van der Waals surface area contributed by atoms with E-state index in [1.807, 2.05) is 0 Å². The van der Waals surface area contributed by atoms with E-state index in [0.29, 0.717) is 0 Å². The zero-order chi connectivity index (χ0) is 10.4. The quantitative estimate of drug-likeness (QED) is 0.278. The van der Waals surface area contributed by atoms with E-state index in [9.17, 15) is 5.11 Å². The average Bonchev–Trinajstić information content (AvgIpc) is 2.14. The summed E-state index contributed by atoms with van der Waals surface area (Å²) in [6, 6.07) is 0. The van der Waals surface area contributed by atoms with Gasteiger partial charge in [-0.15, -0.1) is 0 Å². The Balaban J connectivity index is 0. The summed E-state index contributed by atoms with van der Waals surface area (Å²) in [5, 5.41) is 47.5. The maximum absolute atomic E-state index is 9.21. The van der Waals surface area contributed by atoms with Gasteiger partial charge < -0.3 is 30.8 Å². The fraction of sp³-hybridized carbons (Fsp3) is 1.00. The highest BCUT2D eigenvalue weighted by Crippen LogP contribution is 2.04. The van der Waals surface area contributed by atoms with Crippen molar-refractivity contribution < 1.29 is 30.2 Å². The first-order valence-electron chi connectivity index (χ1n) is 4.02. The molecule has 6 N–H and O–H groups in total. The van der Waals surface area contributed by atoms with Gasteiger partial charge in [0.25, 0.3) is 0 Å². The van der Waals surface area contributed by atoms with Crippen LogP contribution in [0.2, 0.25) is 0 Å². The smallest absolute Gasteiger partial charge is 0.111 e. The second-order valence-corrected chi connectivity index (χ2v) is 2.86. The molecule has 7 heteroatoms. The molecule has 0 aromatic rings. The maximum Gasteiger partial charge on any atom is 0.111 e. The lowest BCUT2D eigenvalue weighted by Gasteiger charge is -2.25. The summed E-state index contributed by atoms with van der Waals surface area (Å²) in [6.07, 6.45) is -5.65. The fourth-order valence-electron chi connectivity index (χ4n) is 0.893. The first-order chi connectivity index (χ1) is 6.04. The molecule has 0 amide bonds. The van der Waals surface area contributed by atoms with Crippen LogP contribution in [0, 0.1) is 0 Å². The molecule has 0 bridgehead atoms. The minimum absolute atomic E-state index is 0. The number of likely N-dealkylation sites (N-methyl/N-ethyl adjacent to an activating group) is 1. The van der Waals surface area contributed by atoms with Gasteiger partial charge in [-0.1, -0.05) is 0 Å². The predicted molar refractivity (Wildman–Crippen MR) is 47.5 cm³/mol. The Morgan fingerprint density at radius 1 is 1.00 bits per heavy atom. The van der Waals surface area contributed by atoms with Gasteiger partial charge in [0, 0.05) is 6.54 Å². The third-order valence-corrected chi connectivity index (χ3v) is 1.74. The number of rotatable bonds is 6. The van der Waals surface area contributed by atoms with Crippen molar-refractivity contribution in [1.82, 2.24) is 5.32 Å². The van der Waals surface area contributed by atoms with Gasteiger partial charge in [0.2, 0.25) is 0 Å². The standard InChI is InChI=1S/C7H17NO5.FH/c1-8-2-4(10)6(12)7(13)5(11)3-9;/h4-13H,2-3H2,1H3;1H/t4-,5+,6+,7+;/m1./s1. The second kappa shape index (κ2) is 8.04. The predicted octanol–water partition coefficient (Wildman–Crippen LogP) is -3.21. The van der Waals surface area contributed by atoms with Gasteiger partial charge in [-0.3, -0.25) is 4.70 Å². The normalized spacial score (nSPS) is 19.3. The minimum Gasteiger partial charge on any atom is -0.394 e. The Bertz CT molecular complexity index is 139. The number of halogens is 1. The lowest BCUT2D eigenvalue weighted by Crippen LogP contribution is -2.48. The molecule has 0 saturated heterocycles. The molecule has 0 aliphatic rings. The minimum atomic E-state index is -1.55. The first-order valence-corrected chi connectivity index (χ1v) is 4.02. The Morgan fingerprint density at radius 3 is 1.79 bits per heavy atom. The van der Waals surface area contributed by atoms with Crippen LogP contribution in [-0.4, -0.2) is 70.1 Å².